The van der Waals surface area contributed by atoms with Gasteiger partial charge in [0.2, 0.25) is 29.2 Å². The van der Waals surface area contributed by atoms with Gasteiger partial charge < -0.3 is 95.4 Å². The van der Waals surface area contributed by atoms with Crippen LogP contribution < -0.4 is 45.5 Å². The average Bonchev–Trinajstić information content (AvgIpc) is 3.15. The lowest BCUT2D eigenvalue weighted by atomic mass is 9.56. The summed E-state index contributed by atoms with van der Waals surface area (Å²) in [6.45, 7) is 0.692. The van der Waals surface area contributed by atoms with Gasteiger partial charge in [-0.25, -0.2) is 5.06 Å². The zero-order chi connectivity index (χ0) is 45.7. The predicted molar refractivity (Wildman–Crippen MR) is 192 cm³/mol. The van der Waals surface area contributed by atoms with E-state index in [0.717, 1.165) is 6.92 Å². The minimum Gasteiger partial charge on any atom is -0.394 e. The quantitative estimate of drug-likeness (QED) is 0.0220. The van der Waals surface area contributed by atoms with Gasteiger partial charge in [0.25, 0.3) is 5.91 Å². The second-order valence-electron chi connectivity index (χ2n) is 14.6. The molecule has 0 radical (unpaired) electrons. The predicted octanol–water partition coefficient (Wildman–Crippen LogP) is -10.4. The number of ketones is 2. The molecule has 59 heavy (non-hydrogen) atoms. The van der Waals surface area contributed by atoms with Crippen molar-refractivity contribution in [1.82, 2.24) is 10.4 Å². The molecular formula is C32H57N9O18. The van der Waals surface area contributed by atoms with Crippen molar-refractivity contribution in [3.63, 3.8) is 0 Å². The van der Waals surface area contributed by atoms with Gasteiger partial charge in [0.15, 0.2) is 12.1 Å². The summed E-state index contributed by atoms with van der Waals surface area (Å²) in [7, 11) is 0. The molecule has 0 bridgehead atoms. The maximum absolute atomic E-state index is 15.1. The van der Waals surface area contributed by atoms with E-state index in [2.05, 4.69) is 5.32 Å². The zero-order valence-electron chi connectivity index (χ0n) is 32.4. The Hall–Kier alpha value is -3.91. The largest absolute Gasteiger partial charge is 0.394 e. The summed E-state index contributed by atoms with van der Waals surface area (Å²) in [5, 5.41) is 87.9. The second-order valence-corrected chi connectivity index (χ2v) is 14.6. The Labute approximate surface area is 336 Å². The molecule has 27 nitrogen and oxygen atoms in total. The molecule has 2 saturated heterocycles. The lowest BCUT2D eigenvalue weighted by Crippen LogP contribution is -2.88. The molecule has 0 aliphatic carbocycles. The smallest absolute Gasteiger partial charge is 0.255 e. The van der Waals surface area contributed by atoms with Crippen molar-refractivity contribution in [3.05, 3.63) is 0 Å². The molecule has 0 aromatic carbocycles. The molecule has 2 aliphatic heterocycles. The van der Waals surface area contributed by atoms with E-state index < -0.39 is 176 Å². The monoisotopic (exact) mass is 855 g/mol. The third-order valence-corrected chi connectivity index (χ3v) is 10.6. The number of ether oxygens (including phenoxy) is 3. The number of nitrogens with one attached hydrogen (secondary N) is 1. The van der Waals surface area contributed by atoms with Gasteiger partial charge in [-0.2, -0.15) is 0 Å². The summed E-state index contributed by atoms with van der Waals surface area (Å²) >= 11 is 0. The molecule has 338 valence electrons. The number of hydroxylamine groups is 2. The SMILES string of the molecule is CC(=O)N(O)[C@H]1C(C(O)(C(N)=O)C(N)(N)C(CCC(N)=O)(C(=O)CC[C@@H](NC(=O)[C@H](C)N)C(N)=O)C(=O)C(C)O[C@@H]2[C@@H](N)[C@@H](O)O[C@H](CO)[C@H]2O)O[C@H](CO)[C@@H](O)[C@@H]1O. The Balaban J connectivity index is 3.06. The van der Waals surface area contributed by atoms with E-state index in [4.69, 9.17) is 54.3 Å². The van der Waals surface area contributed by atoms with Crippen LogP contribution in [0, 0.1) is 5.41 Å². The Morgan fingerprint density at radius 2 is 1.42 bits per heavy atom. The van der Waals surface area contributed by atoms with Crippen LogP contribution in [-0.2, 0) is 47.8 Å². The van der Waals surface area contributed by atoms with Crippen LogP contribution in [0.15, 0.2) is 0 Å². The molecule has 5 amide bonds. The lowest BCUT2D eigenvalue weighted by Gasteiger charge is -2.57. The number of primary amides is 3. The first-order chi connectivity index (χ1) is 27.1. The van der Waals surface area contributed by atoms with Crippen molar-refractivity contribution < 1.29 is 88.7 Å². The highest BCUT2D eigenvalue weighted by atomic mass is 16.6. The van der Waals surface area contributed by atoms with Crippen molar-refractivity contribution in [1.29, 1.82) is 0 Å². The van der Waals surface area contributed by atoms with Crippen molar-refractivity contribution in [2.45, 2.75) is 137 Å². The molecule has 23 N–H and O–H groups in total. The molecule has 4 unspecified atom stereocenters. The van der Waals surface area contributed by atoms with E-state index in [1.165, 1.54) is 6.92 Å². The average molecular weight is 856 g/mol. The molecule has 15 atom stereocenters. The van der Waals surface area contributed by atoms with E-state index in [9.17, 15) is 69.7 Å². The number of rotatable bonds is 21. The number of carbonyl (C=O) groups is 7. The lowest BCUT2D eigenvalue weighted by molar-refractivity contribution is -0.294. The number of carbonyl (C=O) groups excluding carboxylic acids is 7. The Morgan fingerprint density at radius 1 is 0.881 bits per heavy atom. The van der Waals surface area contributed by atoms with Crippen molar-refractivity contribution >= 4 is 41.1 Å². The molecule has 27 heteroatoms. The Kier molecular flexibility index (Phi) is 17.5. The maximum atomic E-state index is 15.1. The fraction of sp³-hybridized carbons (Fsp3) is 0.781. The highest BCUT2D eigenvalue weighted by Crippen LogP contribution is 2.47. The van der Waals surface area contributed by atoms with Crippen LogP contribution in [0.1, 0.15) is 46.5 Å². The van der Waals surface area contributed by atoms with Crippen LogP contribution in [0.2, 0.25) is 0 Å². The third kappa shape index (κ3) is 10.0. The summed E-state index contributed by atoms with van der Waals surface area (Å²) < 4.78 is 16.3. The standard InChI is InChI=1S/C32H57N9O18/c1-10(33)27(52)40-13(26(36)51)4-5-16(45)30(7-6-17(34)46,24(50)11(2)57-23-18(35)28(53)59-15(9-43)21(23)48)32(38,39)31(55,29(37)54)25-19(41(56)12(3)44)22(49)20(47)14(8-42)58-25/h10-11,13-15,18-23,25,28,42-43,47-49,53,55-56H,4-9,33,35,38-39H2,1-3H3,(H2,34,46)(H2,36,51)(H2,37,54)(H,40,52)/t10-,11?,13+,14+,15+,18+,19+,20+,21+,22+,23+,25?,28-,30?,31?/m0/s1. The molecular weight excluding hydrogens is 798 g/mol. The van der Waals surface area contributed by atoms with Crippen LogP contribution in [-0.4, -0.2) is 191 Å². The van der Waals surface area contributed by atoms with E-state index in [1.54, 1.807) is 0 Å². The number of aliphatic hydroxyl groups is 7. The molecule has 2 rings (SSSR count). The van der Waals surface area contributed by atoms with Crippen molar-refractivity contribution in [3.8, 4) is 0 Å². The summed E-state index contributed by atoms with van der Waals surface area (Å²) in [6, 6.07) is -7.14. The van der Waals surface area contributed by atoms with Crippen LogP contribution in [0.4, 0.5) is 0 Å². The molecule has 0 spiro atoms. The minimum atomic E-state index is -4.05. The third-order valence-electron chi connectivity index (χ3n) is 10.6. The molecule has 2 fully saturated rings. The summed E-state index contributed by atoms with van der Waals surface area (Å²) in [5.41, 5.74) is 30.0. The number of hydrogen-bond donors (Lipinski definition) is 16. The fourth-order valence-corrected chi connectivity index (χ4v) is 7.18. The number of nitrogens with zero attached hydrogens (tertiary/aromatic N) is 1. The topological polar surface area (TPSA) is 506 Å². The van der Waals surface area contributed by atoms with Crippen LogP contribution in [0.5, 0.6) is 0 Å². The highest BCUT2D eigenvalue weighted by Gasteiger charge is 2.73. The van der Waals surface area contributed by atoms with Crippen LogP contribution in [0.3, 0.4) is 0 Å². The first kappa shape index (κ1) is 51.2. The summed E-state index contributed by atoms with van der Waals surface area (Å²) in [5.74, 6) is -10.2. The number of Topliss-reactive ketones (excluding diaryl/α,β-unsaturated/α-hetero) is 2. The van der Waals surface area contributed by atoms with Gasteiger partial charge >= 0.3 is 0 Å². The van der Waals surface area contributed by atoms with Gasteiger partial charge in [-0.1, -0.05) is 0 Å². The fourth-order valence-electron chi connectivity index (χ4n) is 7.18. The van der Waals surface area contributed by atoms with Gasteiger partial charge in [-0.05, 0) is 26.7 Å². The Bertz CT molecular complexity index is 1570. The van der Waals surface area contributed by atoms with E-state index in [0.29, 0.717) is 6.92 Å². The van der Waals surface area contributed by atoms with E-state index in [-0.39, 0.29) is 5.06 Å². The van der Waals surface area contributed by atoms with Gasteiger partial charge in [0.1, 0.15) is 77.8 Å². The van der Waals surface area contributed by atoms with Gasteiger partial charge in [-0.3, -0.25) is 38.8 Å². The Morgan fingerprint density at radius 3 is 1.88 bits per heavy atom. The first-order valence-electron chi connectivity index (χ1n) is 18.1. The maximum Gasteiger partial charge on any atom is 0.255 e. The number of hydrogen-bond acceptors (Lipinski definition) is 22. The van der Waals surface area contributed by atoms with Gasteiger partial charge in [0.05, 0.1) is 25.3 Å². The molecule has 2 aliphatic rings. The van der Waals surface area contributed by atoms with E-state index in [1.807, 2.05) is 0 Å². The molecule has 0 saturated carbocycles. The number of aliphatic hydroxyl groups excluding tert-OH is 6. The number of nitrogens with two attached hydrogens (primary N) is 7. The number of amides is 5. The summed E-state index contributed by atoms with van der Waals surface area (Å²) in [6.07, 6.45) is -23.1. The van der Waals surface area contributed by atoms with Crippen molar-refractivity contribution in [2.24, 2.45) is 45.6 Å². The molecule has 2 heterocycles. The molecule has 0 aromatic heterocycles. The normalized spacial score (nSPS) is 31.0. The van der Waals surface area contributed by atoms with Crippen LogP contribution >= 0.6 is 0 Å². The molecule has 0 aromatic rings. The van der Waals surface area contributed by atoms with E-state index >= 15 is 4.79 Å². The van der Waals surface area contributed by atoms with Crippen molar-refractivity contribution in [2.75, 3.05) is 13.2 Å². The van der Waals surface area contributed by atoms with Gasteiger partial charge in [0, 0.05) is 19.8 Å². The summed E-state index contributed by atoms with van der Waals surface area (Å²) in [4.78, 5) is 93.3. The van der Waals surface area contributed by atoms with Gasteiger partial charge in [-0.15, -0.1) is 0 Å². The first-order valence-corrected chi connectivity index (χ1v) is 18.1. The highest BCUT2D eigenvalue weighted by molar-refractivity contribution is 6.11. The second kappa shape index (κ2) is 20.1. The minimum absolute atomic E-state index is 0.341. The van der Waals surface area contributed by atoms with Crippen LogP contribution in [0.25, 0.3) is 0 Å². The zero-order valence-corrected chi connectivity index (χ0v) is 32.4.